The van der Waals surface area contributed by atoms with E-state index in [0.717, 1.165) is 30.8 Å². The summed E-state index contributed by atoms with van der Waals surface area (Å²) in [5.41, 5.74) is 5.14. The van der Waals surface area contributed by atoms with Crippen molar-refractivity contribution in [3.05, 3.63) is 40.9 Å². The minimum absolute atomic E-state index is 0.739. The number of hydrogen-bond donors (Lipinski definition) is 1. The van der Waals surface area contributed by atoms with Gasteiger partial charge < -0.3 is 10.1 Å². The number of para-hydroxylation sites is 1. The number of benzene rings is 1. The summed E-state index contributed by atoms with van der Waals surface area (Å²) in [5, 5.41) is 3.36. The van der Waals surface area contributed by atoms with E-state index in [-0.39, 0.29) is 0 Å². The Bertz CT molecular complexity index is 350. The molecule has 0 aliphatic rings. The van der Waals surface area contributed by atoms with Crippen molar-refractivity contribution in [2.75, 3.05) is 25.6 Å². The van der Waals surface area contributed by atoms with E-state index in [1.807, 2.05) is 19.1 Å². The second-order valence-electron chi connectivity index (χ2n) is 3.71. The van der Waals surface area contributed by atoms with Gasteiger partial charge in [-0.05, 0) is 30.5 Å². The number of methoxy groups -OCH3 is 1. The summed E-state index contributed by atoms with van der Waals surface area (Å²) in [5.74, 6) is 0. The lowest BCUT2D eigenvalue weighted by atomic mass is 10.1. The number of hydrogen-bond acceptors (Lipinski definition) is 2. The molecule has 2 nitrogen and oxygen atoms in total. The minimum Gasteiger partial charge on any atom is -0.384 e. The molecule has 16 heavy (non-hydrogen) atoms. The van der Waals surface area contributed by atoms with E-state index < -0.39 is 0 Å². The summed E-state index contributed by atoms with van der Waals surface area (Å²) in [6.45, 7) is 3.51. The molecule has 0 aromatic heterocycles. The van der Waals surface area contributed by atoms with Gasteiger partial charge in [-0.1, -0.05) is 29.8 Å². The van der Waals surface area contributed by atoms with Crippen molar-refractivity contribution in [1.82, 2.24) is 0 Å². The van der Waals surface area contributed by atoms with E-state index >= 15 is 0 Å². The van der Waals surface area contributed by atoms with E-state index in [1.165, 1.54) is 5.56 Å². The van der Waals surface area contributed by atoms with Crippen LogP contribution < -0.4 is 5.32 Å². The number of halogens is 1. The van der Waals surface area contributed by atoms with Crippen LogP contribution in [0, 0.1) is 0 Å². The van der Waals surface area contributed by atoms with Crippen LogP contribution in [0.25, 0.3) is 0 Å². The third kappa shape index (κ3) is 4.25. The highest BCUT2D eigenvalue weighted by molar-refractivity contribution is 6.25. The van der Waals surface area contributed by atoms with Crippen molar-refractivity contribution in [3.8, 4) is 0 Å². The Kier molecular flexibility index (Phi) is 5.98. The lowest BCUT2D eigenvalue weighted by Crippen LogP contribution is -2.06. The highest BCUT2D eigenvalue weighted by Crippen LogP contribution is 2.16. The van der Waals surface area contributed by atoms with E-state index in [1.54, 1.807) is 12.6 Å². The van der Waals surface area contributed by atoms with Crippen molar-refractivity contribution < 1.29 is 4.74 Å². The summed E-state index contributed by atoms with van der Waals surface area (Å²) in [7, 11) is 1.72. The first kappa shape index (κ1) is 13.1. The maximum Gasteiger partial charge on any atom is 0.0503 e. The maximum atomic E-state index is 5.62. The molecule has 0 saturated heterocycles. The van der Waals surface area contributed by atoms with Gasteiger partial charge in [-0.25, -0.2) is 0 Å². The molecule has 1 aromatic carbocycles. The third-order valence-corrected chi connectivity index (χ3v) is 2.71. The summed E-state index contributed by atoms with van der Waals surface area (Å²) in [6, 6.07) is 8.26. The van der Waals surface area contributed by atoms with Crippen molar-refractivity contribution in [1.29, 1.82) is 0 Å². The van der Waals surface area contributed by atoms with Gasteiger partial charge in [-0.3, -0.25) is 0 Å². The van der Waals surface area contributed by atoms with Crippen LogP contribution in [0.15, 0.2) is 35.4 Å². The molecule has 0 saturated carbocycles. The normalized spacial score (nSPS) is 11.6. The molecule has 1 rings (SSSR count). The first-order chi connectivity index (χ1) is 7.77. The van der Waals surface area contributed by atoms with E-state index in [2.05, 4.69) is 17.4 Å². The van der Waals surface area contributed by atoms with Gasteiger partial charge >= 0.3 is 0 Å². The average Bonchev–Trinajstić information content (AvgIpc) is 2.34. The van der Waals surface area contributed by atoms with Gasteiger partial charge in [0, 0.05) is 24.9 Å². The second-order valence-corrected chi connectivity index (χ2v) is 3.93. The molecule has 0 aliphatic carbocycles. The molecular weight excluding hydrogens is 222 g/mol. The molecule has 0 fully saturated rings. The molecule has 0 unspecified atom stereocenters. The zero-order valence-corrected chi connectivity index (χ0v) is 10.6. The van der Waals surface area contributed by atoms with Crippen LogP contribution in [0.5, 0.6) is 0 Å². The molecular formula is C13H18ClNO. The molecule has 0 spiro atoms. The van der Waals surface area contributed by atoms with Crippen LogP contribution in [-0.4, -0.2) is 20.3 Å². The molecule has 0 bridgehead atoms. The third-order valence-electron chi connectivity index (χ3n) is 2.34. The van der Waals surface area contributed by atoms with Crippen LogP contribution >= 0.6 is 11.6 Å². The fraction of sp³-hybridized carbons (Fsp3) is 0.385. The van der Waals surface area contributed by atoms with E-state index in [4.69, 9.17) is 16.3 Å². The standard InChI is InChI=1S/C13H18ClNO/c1-11(9-14)10-15-13-6-4-3-5-12(13)7-8-16-2/h3-6,9,15H,7-8,10H2,1-2H3/b11-9+. The largest absolute Gasteiger partial charge is 0.384 e. The maximum absolute atomic E-state index is 5.62. The van der Waals surface area contributed by atoms with Crippen molar-refractivity contribution in [2.24, 2.45) is 0 Å². The van der Waals surface area contributed by atoms with Crippen molar-refractivity contribution in [3.63, 3.8) is 0 Å². The molecule has 3 heteroatoms. The van der Waals surface area contributed by atoms with Crippen LogP contribution in [0.2, 0.25) is 0 Å². The monoisotopic (exact) mass is 239 g/mol. The van der Waals surface area contributed by atoms with E-state index in [9.17, 15) is 0 Å². The van der Waals surface area contributed by atoms with Crippen molar-refractivity contribution in [2.45, 2.75) is 13.3 Å². The number of nitrogens with one attached hydrogen (secondary N) is 1. The highest BCUT2D eigenvalue weighted by atomic mass is 35.5. The fourth-order valence-electron chi connectivity index (χ4n) is 1.40. The van der Waals surface area contributed by atoms with Crippen LogP contribution in [-0.2, 0) is 11.2 Å². The highest BCUT2D eigenvalue weighted by Gasteiger charge is 2.00. The Morgan fingerprint density at radius 3 is 2.88 bits per heavy atom. The lowest BCUT2D eigenvalue weighted by Gasteiger charge is -2.11. The van der Waals surface area contributed by atoms with Crippen LogP contribution in [0.3, 0.4) is 0 Å². The topological polar surface area (TPSA) is 21.3 Å². The summed E-state index contributed by atoms with van der Waals surface area (Å²) in [6.07, 6.45) is 0.920. The number of rotatable bonds is 6. The average molecular weight is 240 g/mol. The summed E-state index contributed by atoms with van der Waals surface area (Å²) in [4.78, 5) is 0. The molecule has 0 amide bonds. The van der Waals surface area contributed by atoms with Gasteiger partial charge in [-0.2, -0.15) is 0 Å². The molecule has 1 aromatic rings. The Labute approximate surface area is 102 Å². The predicted molar refractivity (Wildman–Crippen MR) is 70.1 cm³/mol. The Hall–Kier alpha value is -0.990. The zero-order chi connectivity index (χ0) is 11.8. The second kappa shape index (κ2) is 7.31. The number of ether oxygens (including phenoxy) is 1. The van der Waals surface area contributed by atoms with Gasteiger partial charge in [0.05, 0.1) is 6.61 Å². The Balaban J connectivity index is 2.63. The molecule has 0 aliphatic heterocycles. The fourth-order valence-corrected chi connectivity index (χ4v) is 1.47. The van der Waals surface area contributed by atoms with Gasteiger partial charge in [0.25, 0.3) is 0 Å². The molecule has 1 N–H and O–H groups in total. The SMILES string of the molecule is COCCc1ccccc1NC/C(C)=C/Cl. The van der Waals surface area contributed by atoms with Crippen molar-refractivity contribution >= 4 is 17.3 Å². The van der Waals surface area contributed by atoms with E-state index in [0.29, 0.717) is 0 Å². The predicted octanol–water partition coefficient (Wildman–Crippen LogP) is 3.43. The first-order valence-corrected chi connectivity index (χ1v) is 5.78. The smallest absolute Gasteiger partial charge is 0.0503 e. The zero-order valence-electron chi connectivity index (χ0n) is 9.79. The molecule has 88 valence electrons. The minimum atomic E-state index is 0.739. The Morgan fingerprint density at radius 2 is 2.19 bits per heavy atom. The van der Waals surface area contributed by atoms with Gasteiger partial charge in [0.2, 0.25) is 0 Å². The van der Waals surface area contributed by atoms with Gasteiger partial charge in [-0.15, -0.1) is 0 Å². The van der Waals surface area contributed by atoms with Crippen LogP contribution in [0.1, 0.15) is 12.5 Å². The molecule has 0 radical (unpaired) electrons. The summed E-state index contributed by atoms with van der Waals surface area (Å²) < 4.78 is 5.09. The lowest BCUT2D eigenvalue weighted by molar-refractivity contribution is 0.202. The number of anilines is 1. The molecule has 0 heterocycles. The summed E-state index contributed by atoms with van der Waals surface area (Å²) >= 11 is 5.62. The van der Waals surface area contributed by atoms with Crippen LogP contribution in [0.4, 0.5) is 5.69 Å². The Morgan fingerprint density at radius 1 is 1.44 bits per heavy atom. The first-order valence-electron chi connectivity index (χ1n) is 5.34. The quantitative estimate of drug-likeness (QED) is 0.821. The van der Waals surface area contributed by atoms with Gasteiger partial charge in [0.15, 0.2) is 0 Å². The molecule has 0 atom stereocenters. The van der Waals surface area contributed by atoms with Gasteiger partial charge in [0.1, 0.15) is 0 Å².